The number of thiocarbonyl (C=S) groups is 1. The molecule has 0 heterocycles. The highest BCUT2D eigenvalue weighted by Gasteiger charge is 2.39. The first kappa shape index (κ1) is 16.3. The summed E-state index contributed by atoms with van der Waals surface area (Å²) in [5.74, 6) is -0.730. The lowest BCUT2D eigenvalue weighted by Gasteiger charge is -2.23. The molecule has 0 atom stereocenters. The molecule has 1 aliphatic rings. The highest BCUT2D eigenvalue weighted by atomic mass is 32.2. The van der Waals surface area contributed by atoms with E-state index in [4.69, 9.17) is 22.7 Å². The van der Waals surface area contributed by atoms with Crippen LogP contribution in [0.25, 0.3) is 0 Å². The number of nitrogens with two attached hydrogens (primary N) is 1. The number of halogens is 1. The van der Waals surface area contributed by atoms with E-state index in [0.717, 1.165) is 18.9 Å². The van der Waals surface area contributed by atoms with Gasteiger partial charge in [-0.05, 0) is 25.0 Å². The molecule has 0 amide bonds. The smallest absolute Gasteiger partial charge is 0.244 e. The molecule has 116 valence electrons. The zero-order valence-corrected chi connectivity index (χ0v) is 13.2. The Morgan fingerprint density at radius 2 is 2.19 bits per heavy atom. The SMILES string of the molecule is COCCN(C1CC1)S(=O)(=O)c1cccc(F)c1C(N)=S. The van der Waals surface area contributed by atoms with Gasteiger partial charge in [0, 0.05) is 19.7 Å². The molecule has 1 aromatic rings. The summed E-state index contributed by atoms with van der Waals surface area (Å²) in [6, 6.07) is 3.75. The number of ether oxygens (including phenoxy) is 1. The van der Waals surface area contributed by atoms with Gasteiger partial charge in [-0.15, -0.1) is 0 Å². The minimum atomic E-state index is -3.86. The first-order chi connectivity index (χ1) is 9.89. The second kappa shape index (κ2) is 6.35. The van der Waals surface area contributed by atoms with Gasteiger partial charge in [0.25, 0.3) is 0 Å². The number of hydrogen-bond acceptors (Lipinski definition) is 4. The summed E-state index contributed by atoms with van der Waals surface area (Å²) in [6.07, 6.45) is 1.58. The van der Waals surface area contributed by atoms with Gasteiger partial charge in [0.1, 0.15) is 10.8 Å². The maximum atomic E-state index is 13.9. The molecular formula is C13H17FN2O3S2. The number of hydrogen-bond donors (Lipinski definition) is 1. The van der Waals surface area contributed by atoms with Gasteiger partial charge >= 0.3 is 0 Å². The van der Waals surface area contributed by atoms with E-state index < -0.39 is 15.8 Å². The molecule has 1 aliphatic carbocycles. The largest absolute Gasteiger partial charge is 0.389 e. The first-order valence-corrected chi connectivity index (χ1v) is 8.33. The van der Waals surface area contributed by atoms with Crippen LogP contribution in [0.5, 0.6) is 0 Å². The number of methoxy groups -OCH3 is 1. The standard InChI is InChI=1S/C13H17FN2O3S2/c1-19-8-7-16(9-5-6-9)21(17,18)11-4-2-3-10(14)12(11)13(15)20/h2-4,9H,5-8H2,1H3,(H2,15,20). The molecule has 2 rings (SSSR count). The Morgan fingerprint density at radius 3 is 2.71 bits per heavy atom. The van der Waals surface area contributed by atoms with Gasteiger partial charge < -0.3 is 10.5 Å². The average molecular weight is 332 g/mol. The Kier molecular flexibility index (Phi) is 4.92. The fourth-order valence-corrected chi connectivity index (χ4v) is 4.29. The third kappa shape index (κ3) is 3.39. The van der Waals surface area contributed by atoms with E-state index in [1.165, 1.54) is 23.5 Å². The van der Waals surface area contributed by atoms with Crippen molar-refractivity contribution in [2.24, 2.45) is 5.73 Å². The van der Waals surface area contributed by atoms with Crippen molar-refractivity contribution in [1.82, 2.24) is 4.31 Å². The van der Waals surface area contributed by atoms with Crippen LogP contribution in [-0.2, 0) is 14.8 Å². The fraction of sp³-hybridized carbons (Fsp3) is 0.462. The quantitative estimate of drug-likeness (QED) is 0.761. The molecule has 5 nitrogen and oxygen atoms in total. The Bertz CT molecular complexity index is 645. The van der Waals surface area contributed by atoms with Crippen LogP contribution in [0.4, 0.5) is 4.39 Å². The molecule has 0 spiro atoms. The van der Waals surface area contributed by atoms with Crippen molar-refractivity contribution in [2.45, 2.75) is 23.8 Å². The molecule has 21 heavy (non-hydrogen) atoms. The fourth-order valence-electron chi connectivity index (χ4n) is 2.13. The summed E-state index contributed by atoms with van der Waals surface area (Å²) in [5, 5.41) is 0. The molecular weight excluding hydrogens is 315 g/mol. The van der Waals surface area contributed by atoms with Gasteiger partial charge in [0.05, 0.1) is 17.1 Å². The monoisotopic (exact) mass is 332 g/mol. The molecule has 0 aliphatic heterocycles. The highest BCUT2D eigenvalue weighted by molar-refractivity contribution is 7.89. The van der Waals surface area contributed by atoms with Crippen molar-refractivity contribution < 1.29 is 17.5 Å². The van der Waals surface area contributed by atoms with E-state index in [9.17, 15) is 12.8 Å². The van der Waals surface area contributed by atoms with Crippen molar-refractivity contribution in [3.05, 3.63) is 29.6 Å². The summed E-state index contributed by atoms with van der Waals surface area (Å²) in [6.45, 7) is 0.490. The zero-order valence-electron chi connectivity index (χ0n) is 11.6. The Hall–Kier alpha value is -1.09. The topological polar surface area (TPSA) is 72.6 Å². The maximum Gasteiger partial charge on any atom is 0.244 e. The van der Waals surface area contributed by atoms with Crippen LogP contribution in [0.1, 0.15) is 18.4 Å². The second-order valence-electron chi connectivity index (χ2n) is 4.82. The molecule has 1 fully saturated rings. The minimum Gasteiger partial charge on any atom is -0.389 e. The summed E-state index contributed by atoms with van der Waals surface area (Å²) in [7, 11) is -2.36. The zero-order chi connectivity index (χ0) is 15.6. The van der Waals surface area contributed by atoms with Crippen LogP contribution >= 0.6 is 12.2 Å². The molecule has 0 radical (unpaired) electrons. The molecule has 0 saturated heterocycles. The summed E-state index contributed by atoms with van der Waals surface area (Å²) in [4.78, 5) is -0.452. The van der Waals surface area contributed by atoms with Gasteiger partial charge in [-0.2, -0.15) is 4.31 Å². The van der Waals surface area contributed by atoms with E-state index in [1.54, 1.807) is 0 Å². The van der Waals surface area contributed by atoms with Crippen molar-refractivity contribution in [3.63, 3.8) is 0 Å². The second-order valence-corrected chi connectivity index (χ2v) is 7.12. The number of nitrogens with zero attached hydrogens (tertiary/aromatic N) is 1. The lowest BCUT2D eigenvalue weighted by molar-refractivity contribution is 0.177. The van der Waals surface area contributed by atoms with Crippen molar-refractivity contribution in [3.8, 4) is 0 Å². The maximum absolute atomic E-state index is 13.9. The van der Waals surface area contributed by atoms with Gasteiger partial charge in [-0.1, -0.05) is 18.3 Å². The molecule has 0 bridgehead atoms. The predicted molar refractivity (Wildman–Crippen MR) is 81.1 cm³/mol. The van der Waals surface area contributed by atoms with Crippen molar-refractivity contribution in [2.75, 3.05) is 20.3 Å². The number of rotatable bonds is 7. The Labute approximate surface area is 128 Å². The molecule has 1 aromatic carbocycles. The van der Waals surface area contributed by atoms with Crippen LogP contribution in [0, 0.1) is 5.82 Å². The minimum absolute atomic E-state index is 0.0624. The van der Waals surface area contributed by atoms with Crippen LogP contribution in [0.15, 0.2) is 23.1 Å². The number of sulfonamides is 1. The van der Waals surface area contributed by atoms with Crippen LogP contribution in [0.3, 0.4) is 0 Å². The van der Waals surface area contributed by atoms with E-state index in [0.29, 0.717) is 0 Å². The molecule has 0 unspecified atom stereocenters. The first-order valence-electron chi connectivity index (χ1n) is 6.48. The molecule has 8 heteroatoms. The van der Waals surface area contributed by atoms with E-state index in [2.05, 4.69) is 0 Å². The molecule has 2 N–H and O–H groups in total. The third-order valence-corrected chi connectivity index (χ3v) is 5.48. The van der Waals surface area contributed by atoms with Crippen molar-refractivity contribution >= 4 is 27.2 Å². The Balaban J connectivity index is 2.47. The third-order valence-electron chi connectivity index (χ3n) is 3.28. The number of benzene rings is 1. The Morgan fingerprint density at radius 1 is 1.52 bits per heavy atom. The lowest BCUT2D eigenvalue weighted by atomic mass is 10.2. The molecule has 1 saturated carbocycles. The van der Waals surface area contributed by atoms with Gasteiger partial charge in [0.15, 0.2) is 0 Å². The highest BCUT2D eigenvalue weighted by Crippen LogP contribution is 2.33. The van der Waals surface area contributed by atoms with Crippen LogP contribution in [0.2, 0.25) is 0 Å². The van der Waals surface area contributed by atoms with Crippen LogP contribution < -0.4 is 5.73 Å². The summed E-state index contributed by atoms with van der Waals surface area (Å²) in [5.41, 5.74) is 5.26. The summed E-state index contributed by atoms with van der Waals surface area (Å²) >= 11 is 4.79. The van der Waals surface area contributed by atoms with E-state index in [-0.39, 0.29) is 34.6 Å². The van der Waals surface area contributed by atoms with E-state index >= 15 is 0 Å². The van der Waals surface area contributed by atoms with Gasteiger partial charge in [-0.25, -0.2) is 12.8 Å². The average Bonchev–Trinajstić information content (AvgIpc) is 3.22. The lowest BCUT2D eigenvalue weighted by Crippen LogP contribution is -2.37. The van der Waals surface area contributed by atoms with Crippen LogP contribution in [-0.4, -0.2) is 44.0 Å². The summed E-state index contributed by atoms with van der Waals surface area (Å²) < 4.78 is 45.8. The van der Waals surface area contributed by atoms with Crippen molar-refractivity contribution in [1.29, 1.82) is 0 Å². The van der Waals surface area contributed by atoms with Gasteiger partial charge in [0.2, 0.25) is 10.0 Å². The normalized spacial score (nSPS) is 15.4. The molecule has 0 aromatic heterocycles. The van der Waals surface area contributed by atoms with E-state index in [1.807, 2.05) is 0 Å². The predicted octanol–water partition coefficient (Wildman–Crippen LogP) is 1.26. The van der Waals surface area contributed by atoms with Gasteiger partial charge in [-0.3, -0.25) is 0 Å².